The zero-order valence-corrected chi connectivity index (χ0v) is 12.5. The predicted molar refractivity (Wildman–Crippen MR) is 85.8 cm³/mol. The van der Waals surface area contributed by atoms with Gasteiger partial charge in [-0.15, -0.1) is 6.42 Å². The summed E-state index contributed by atoms with van der Waals surface area (Å²) in [5.74, 6) is 3.28. The number of piperidine rings is 3. The van der Waals surface area contributed by atoms with Crippen LogP contribution in [-0.2, 0) is 0 Å². The van der Waals surface area contributed by atoms with E-state index in [1.165, 1.54) is 25.9 Å². The Hall–Kier alpha value is -2.25. The lowest BCUT2D eigenvalue weighted by Crippen LogP contribution is -2.57. The number of carbonyl (C=O) groups is 1. The van der Waals surface area contributed by atoms with Gasteiger partial charge < -0.3 is 14.6 Å². The van der Waals surface area contributed by atoms with Crippen molar-refractivity contribution >= 4 is 11.4 Å². The monoisotopic (exact) mass is 293 g/mol. The number of nitrogens with zero attached hydrogens (tertiary/aromatic N) is 2. The van der Waals surface area contributed by atoms with Crippen LogP contribution in [0.3, 0.4) is 0 Å². The van der Waals surface area contributed by atoms with Crippen molar-refractivity contribution in [1.29, 1.82) is 0 Å². The smallest absolute Gasteiger partial charge is 0.251 e. The molecule has 1 N–H and O–H groups in total. The number of carbonyl (C=O) groups excluding carboxylic acids is 1. The van der Waals surface area contributed by atoms with E-state index >= 15 is 0 Å². The van der Waals surface area contributed by atoms with E-state index in [1.54, 1.807) is 0 Å². The average Bonchev–Trinajstić information content (AvgIpc) is 2.98. The maximum atomic E-state index is 12.5. The van der Waals surface area contributed by atoms with Crippen molar-refractivity contribution in [2.45, 2.75) is 18.9 Å². The molecule has 0 radical (unpaired) electrons. The van der Waals surface area contributed by atoms with E-state index in [1.807, 2.05) is 35.0 Å². The van der Waals surface area contributed by atoms with E-state index in [0.29, 0.717) is 17.5 Å². The van der Waals surface area contributed by atoms with Crippen LogP contribution in [0.5, 0.6) is 0 Å². The first-order chi connectivity index (χ1) is 10.7. The highest BCUT2D eigenvalue weighted by molar-refractivity contribution is 5.95. The normalized spacial score (nSPS) is 26.8. The molecule has 3 fully saturated rings. The molecule has 22 heavy (non-hydrogen) atoms. The molecule has 5 heterocycles. The topological polar surface area (TPSA) is 36.8 Å². The van der Waals surface area contributed by atoms with Crippen LogP contribution >= 0.6 is 0 Å². The largest absolute Gasteiger partial charge is 0.348 e. The molecular formula is C18H19N3O. The Labute approximate surface area is 130 Å². The fraction of sp³-hybridized carbons (Fsp3) is 0.389. The lowest BCUT2D eigenvalue weighted by atomic mass is 9.84. The van der Waals surface area contributed by atoms with Crippen LogP contribution in [0.4, 0.5) is 0 Å². The lowest BCUT2D eigenvalue weighted by Gasteiger charge is -2.44. The zero-order chi connectivity index (χ0) is 15.1. The van der Waals surface area contributed by atoms with Gasteiger partial charge in [-0.3, -0.25) is 4.79 Å². The second-order valence-electron chi connectivity index (χ2n) is 6.34. The fourth-order valence-electron chi connectivity index (χ4n) is 3.71. The number of hydrogen-bond acceptors (Lipinski definition) is 2. The number of amides is 1. The molecular weight excluding hydrogens is 274 g/mol. The van der Waals surface area contributed by atoms with Crippen molar-refractivity contribution < 1.29 is 4.79 Å². The van der Waals surface area contributed by atoms with Crippen LogP contribution in [0.25, 0.3) is 5.52 Å². The lowest BCUT2D eigenvalue weighted by molar-refractivity contribution is 0.0620. The third-order valence-electron chi connectivity index (χ3n) is 5.00. The van der Waals surface area contributed by atoms with Gasteiger partial charge in [0.2, 0.25) is 0 Å². The molecule has 112 valence electrons. The number of pyridine rings is 1. The van der Waals surface area contributed by atoms with E-state index in [9.17, 15) is 4.79 Å². The first-order valence-corrected chi connectivity index (χ1v) is 7.84. The molecule has 1 atom stereocenters. The number of rotatable bonds is 2. The summed E-state index contributed by atoms with van der Waals surface area (Å²) in [4.78, 5) is 15.0. The minimum atomic E-state index is 0.0182. The van der Waals surface area contributed by atoms with E-state index in [0.717, 1.165) is 17.6 Å². The summed E-state index contributed by atoms with van der Waals surface area (Å²) in [5, 5.41) is 3.22. The van der Waals surface area contributed by atoms with E-state index in [2.05, 4.69) is 16.1 Å². The molecule has 2 aromatic heterocycles. The Morgan fingerprint density at radius 2 is 2.14 bits per heavy atom. The molecule has 2 bridgehead atoms. The van der Waals surface area contributed by atoms with Crippen molar-refractivity contribution in [2.24, 2.45) is 5.92 Å². The summed E-state index contributed by atoms with van der Waals surface area (Å²) >= 11 is 0. The summed E-state index contributed by atoms with van der Waals surface area (Å²) in [6.45, 7) is 3.36. The van der Waals surface area contributed by atoms with Crippen molar-refractivity contribution in [3.8, 4) is 12.3 Å². The van der Waals surface area contributed by atoms with Gasteiger partial charge in [-0.05, 0) is 50.0 Å². The third kappa shape index (κ3) is 2.28. The molecule has 3 aliphatic heterocycles. The second-order valence-corrected chi connectivity index (χ2v) is 6.34. The highest BCUT2D eigenvalue weighted by atomic mass is 16.1. The van der Waals surface area contributed by atoms with Crippen molar-refractivity contribution in [2.75, 3.05) is 19.6 Å². The summed E-state index contributed by atoms with van der Waals surface area (Å²) in [6.07, 6.45) is 11.6. The van der Waals surface area contributed by atoms with E-state index < -0.39 is 0 Å². The number of fused-ring (bicyclic) bond motifs is 4. The fourth-order valence-corrected chi connectivity index (χ4v) is 3.71. The van der Waals surface area contributed by atoms with Gasteiger partial charge >= 0.3 is 0 Å². The molecule has 0 saturated carbocycles. The molecule has 4 nitrogen and oxygen atoms in total. The molecule has 5 rings (SSSR count). The molecule has 3 aliphatic rings. The Morgan fingerprint density at radius 1 is 1.32 bits per heavy atom. The number of aromatic nitrogens is 1. The van der Waals surface area contributed by atoms with E-state index in [-0.39, 0.29) is 5.91 Å². The number of hydrogen-bond donors (Lipinski definition) is 1. The zero-order valence-electron chi connectivity index (χ0n) is 12.5. The van der Waals surface area contributed by atoms with Gasteiger partial charge in [-0.25, -0.2) is 0 Å². The highest BCUT2D eigenvalue weighted by Gasteiger charge is 2.34. The van der Waals surface area contributed by atoms with Gasteiger partial charge in [0, 0.05) is 41.6 Å². The van der Waals surface area contributed by atoms with Crippen LogP contribution in [-0.4, -0.2) is 40.9 Å². The summed E-state index contributed by atoms with van der Waals surface area (Å²) in [5.41, 5.74) is 2.48. The molecule has 3 saturated heterocycles. The molecule has 1 amide bonds. The minimum Gasteiger partial charge on any atom is -0.348 e. The summed E-state index contributed by atoms with van der Waals surface area (Å²) in [6, 6.07) is 5.96. The van der Waals surface area contributed by atoms with Crippen LogP contribution in [0.1, 0.15) is 28.8 Å². The predicted octanol–water partition coefficient (Wildman–Crippen LogP) is 1.74. The third-order valence-corrected chi connectivity index (χ3v) is 5.00. The standard InChI is InChI=1S/C18H19N3O/c1-2-13-9-16-10-15(5-8-21(16)11-13)18(22)19-17-12-20-6-3-14(17)4-7-20/h1,5,8-11,14,17H,3-4,6-7,12H2,(H,19,22). The van der Waals surface area contributed by atoms with Crippen molar-refractivity contribution in [1.82, 2.24) is 14.6 Å². The van der Waals surface area contributed by atoms with Gasteiger partial charge in [-0.1, -0.05) is 5.92 Å². The Bertz CT molecular complexity index is 762. The summed E-state index contributed by atoms with van der Waals surface area (Å²) in [7, 11) is 0. The number of nitrogens with one attached hydrogen (secondary N) is 1. The van der Waals surface area contributed by atoms with Gasteiger partial charge in [0.15, 0.2) is 0 Å². The molecule has 4 heteroatoms. The Morgan fingerprint density at radius 3 is 2.82 bits per heavy atom. The maximum absolute atomic E-state index is 12.5. The average molecular weight is 293 g/mol. The van der Waals surface area contributed by atoms with Gasteiger partial charge in [-0.2, -0.15) is 0 Å². The first-order valence-electron chi connectivity index (χ1n) is 7.84. The maximum Gasteiger partial charge on any atom is 0.251 e. The van der Waals surface area contributed by atoms with Gasteiger partial charge in [0.1, 0.15) is 0 Å². The highest BCUT2D eigenvalue weighted by Crippen LogP contribution is 2.27. The molecule has 2 aromatic rings. The van der Waals surface area contributed by atoms with Gasteiger partial charge in [0.25, 0.3) is 5.91 Å². The van der Waals surface area contributed by atoms with E-state index in [4.69, 9.17) is 6.42 Å². The Kier molecular flexibility index (Phi) is 3.16. The molecule has 0 aliphatic carbocycles. The van der Waals surface area contributed by atoms with Crippen LogP contribution in [0, 0.1) is 18.3 Å². The van der Waals surface area contributed by atoms with Crippen molar-refractivity contribution in [3.05, 3.63) is 41.7 Å². The molecule has 0 spiro atoms. The minimum absolute atomic E-state index is 0.0182. The quantitative estimate of drug-likeness (QED) is 0.856. The van der Waals surface area contributed by atoms with Gasteiger partial charge in [0.05, 0.1) is 0 Å². The second kappa shape index (κ2) is 5.19. The number of terminal acetylenes is 1. The van der Waals surface area contributed by atoms with Crippen LogP contribution in [0.15, 0.2) is 30.6 Å². The summed E-state index contributed by atoms with van der Waals surface area (Å²) < 4.78 is 1.94. The van der Waals surface area contributed by atoms with Crippen LogP contribution in [0.2, 0.25) is 0 Å². The SMILES string of the molecule is C#Cc1cc2cc(C(=O)NC3CN4CCC3CC4)ccn2c1. The Balaban J connectivity index is 1.54. The van der Waals surface area contributed by atoms with Crippen molar-refractivity contribution in [3.63, 3.8) is 0 Å². The first kappa shape index (κ1) is 13.4. The molecule has 0 aromatic carbocycles. The van der Waals surface area contributed by atoms with Crippen LogP contribution < -0.4 is 5.32 Å². The molecule has 1 unspecified atom stereocenters.